The van der Waals surface area contributed by atoms with E-state index < -0.39 is 17.1 Å². The van der Waals surface area contributed by atoms with Crippen LogP contribution in [0.3, 0.4) is 0 Å². The lowest BCUT2D eigenvalue weighted by Gasteiger charge is -2.31. The average Bonchev–Trinajstić information content (AvgIpc) is 3.06. The van der Waals surface area contributed by atoms with E-state index >= 15 is 0 Å². The number of aromatic nitrogens is 2. The molecule has 4 heterocycles. The Morgan fingerprint density at radius 3 is 2.66 bits per heavy atom. The highest BCUT2D eigenvalue weighted by atomic mass is 35.5. The lowest BCUT2D eigenvalue weighted by molar-refractivity contribution is -0.172. The summed E-state index contributed by atoms with van der Waals surface area (Å²) in [5, 5.41) is 22.1. The summed E-state index contributed by atoms with van der Waals surface area (Å²) in [4.78, 5) is 30.3. The summed E-state index contributed by atoms with van der Waals surface area (Å²) in [6.07, 6.45) is 0.0912. The van der Waals surface area contributed by atoms with Crippen molar-refractivity contribution in [3.05, 3.63) is 56.9 Å². The van der Waals surface area contributed by atoms with Gasteiger partial charge in [-0.15, -0.1) is 12.4 Å². The fourth-order valence-corrected chi connectivity index (χ4v) is 4.72. The monoisotopic (exact) mass is 457 g/mol. The maximum atomic E-state index is 13.2. The first-order valence-electron chi connectivity index (χ1n) is 10.2. The lowest BCUT2D eigenvalue weighted by Crippen LogP contribution is -2.44. The second-order valence-electron chi connectivity index (χ2n) is 8.85. The fraction of sp³-hybridized carbons (Fsp3) is 0.348. The molecule has 0 radical (unpaired) electrons. The normalized spacial score (nSPS) is 19.1. The van der Waals surface area contributed by atoms with Crippen LogP contribution in [-0.2, 0) is 33.8 Å². The Bertz CT molecular complexity index is 1360. The number of nitrogens with two attached hydrogens (primary N) is 1. The van der Waals surface area contributed by atoms with Crippen LogP contribution < -0.4 is 11.3 Å². The molecule has 0 spiro atoms. The Kier molecular flexibility index (Phi) is 4.89. The van der Waals surface area contributed by atoms with Crippen LogP contribution in [0.2, 0.25) is 0 Å². The largest absolute Gasteiger partial charge is 0.508 e. The van der Waals surface area contributed by atoms with Crippen molar-refractivity contribution in [3.8, 4) is 17.1 Å². The highest BCUT2D eigenvalue weighted by molar-refractivity contribution is 5.90. The quantitative estimate of drug-likeness (QED) is 0.394. The third kappa shape index (κ3) is 2.87. The molecule has 0 bridgehead atoms. The van der Waals surface area contributed by atoms with Crippen LogP contribution in [0.4, 0.5) is 0 Å². The molecule has 1 aromatic carbocycles. The molecule has 9 heteroatoms. The first-order chi connectivity index (χ1) is 14.6. The predicted molar refractivity (Wildman–Crippen MR) is 121 cm³/mol. The highest BCUT2D eigenvalue weighted by Crippen LogP contribution is 2.40. The van der Waals surface area contributed by atoms with Crippen LogP contribution in [0.1, 0.15) is 49.4 Å². The standard InChI is InChI=1S/C23H23N3O5.ClH/c1-4-23(30)14-8-16-19-11(9-26(16)20(28)13(14)10-31-21(23)29)7-12-15(25-19)5-6-17(27)18(12)22(2,3)24;/h5-8,27,30H,4,9-10,24H2,1-3H3;1H/t23-;/m0./s1. The Balaban J connectivity index is 0.00000245. The van der Waals surface area contributed by atoms with Crippen molar-refractivity contribution < 1.29 is 19.7 Å². The Labute approximate surface area is 190 Å². The topological polar surface area (TPSA) is 128 Å². The number of rotatable bonds is 2. The van der Waals surface area contributed by atoms with Crippen molar-refractivity contribution in [2.24, 2.45) is 5.73 Å². The molecule has 0 fully saturated rings. The number of hydrogen-bond donors (Lipinski definition) is 3. The summed E-state index contributed by atoms with van der Waals surface area (Å²) < 4.78 is 6.68. The summed E-state index contributed by atoms with van der Waals surface area (Å²) >= 11 is 0. The summed E-state index contributed by atoms with van der Waals surface area (Å²) in [7, 11) is 0. The van der Waals surface area contributed by atoms with E-state index in [1.54, 1.807) is 29.7 Å². The number of fused-ring (bicyclic) bond motifs is 5. The number of phenols is 1. The number of benzene rings is 1. The Hall–Kier alpha value is -2.94. The number of halogens is 1. The molecule has 1 atom stereocenters. The second-order valence-corrected chi connectivity index (χ2v) is 8.85. The number of nitrogens with zero attached hydrogens (tertiary/aromatic N) is 2. The van der Waals surface area contributed by atoms with Crippen molar-refractivity contribution in [1.82, 2.24) is 9.55 Å². The highest BCUT2D eigenvalue weighted by Gasteiger charge is 2.45. The third-order valence-corrected chi connectivity index (χ3v) is 6.31. The molecule has 4 N–H and O–H groups in total. The SMILES string of the molecule is CC[C@@]1(O)C(=O)OCc2c1cc1n(c2=O)Cc2cc3c(C(C)(C)N)c(O)ccc3nc2-1.Cl. The molecule has 5 rings (SSSR count). The van der Waals surface area contributed by atoms with Crippen molar-refractivity contribution in [2.45, 2.75) is 51.5 Å². The molecule has 3 aromatic rings. The van der Waals surface area contributed by atoms with E-state index in [1.807, 2.05) is 19.9 Å². The number of phenolic OH excluding ortho intramolecular Hbond substituents is 1. The van der Waals surface area contributed by atoms with Gasteiger partial charge in [-0.1, -0.05) is 6.92 Å². The fourth-order valence-electron chi connectivity index (χ4n) is 4.72. The minimum Gasteiger partial charge on any atom is -0.508 e. The lowest BCUT2D eigenvalue weighted by atomic mass is 9.86. The van der Waals surface area contributed by atoms with Crippen LogP contribution in [0.25, 0.3) is 22.3 Å². The van der Waals surface area contributed by atoms with Crippen LogP contribution >= 0.6 is 12.4 Å². The molecule has 0 aliphatic carbocycles. The summed E-state index contributed by atoms with van der Waals surface area (Å²) in [6, 6.07) is 6.85. The first-order valence-corrected chi connectivity index (χ1v) is 10.2. The van der Waals surface area contributed by atoms with Gasteiger partial charge in [0, 0.05) is 27.6 Å². The number of hydrogen-bond acceptors (Lipinski definition) is 7. The van der Waals surface area contributed by atoms with E-state index in [9.17, 15) is 19.8 Å². The first kappa shape index (κ1) is 22.3. The van der Waals surface area contributed by atoms with E-state index in [0.717, 1.165) is 10.9 Å². The van der Waals surface area contributed by atoms with Crippen molar-refractivity contribution in [3.63, 3.8) is 0 Å². The number of pyridine rings is 2. The van der Waals surface area contributed by atoms with Crippen molar-refractivity contribution in [1.29, 1.82) is 0 Å². The zero-order valence-corrected chi connectivity index (χ0v) is 18.7. The van der Waals surface area contributed by atoms with Gasteiger partial charge in [0.25, 0.3) is 5.56 Å². The van der Waals surface area contributed by atoms with Gasteiger partial charge < -0.3 is 25.3 Å². The zero-order valence-electron chi connectivity index (χ0n) is 17.9. The average molecular weight is 458 g/mol. The van der Waals surface area contributed by atoms with Crippen LogP contribution in [-0.4, -0.2) is 25.7 Å². The maximum absolute atomic E-state index is 13.2. The van der Waals surface area contributed by atoms with E-state index in [2.05, 4.69) is 0 Å². The summed E-state index contributed by atoms with van der Waals surface area (Å²) in [5.74, 6) is -0.657. The number of cyclic esters (lactones) is 1. The number of esters is 1. The van der Waals surface area contributed by atoms with E-state index in [4.69, 9.17) is 15.5 Å². The van der Waals surface area contributed by atoms with Gasteiger partial charge in [-0.2, -0.15) is 0 Å². The molecule has 2 aromatic heterocycles. The molecule has 0 saturated heterocycles. The Morgan fingerprint density at radius 2 is 2.00 bits per heavy atom. The van der Waals surface area contributed by atoms with Crippen molar-refractivity contribution >= 4 is 29.3 Å². The molecule has 32 heavy (non-hydrogen) atoms. The molecule has 8 nitrogen and oxygen atoms in total. The maximum Gasteiger partial charge on any atom is 0.343 e. The number of carbonyl (C=O) groups excluding carboxylic acids is 1. The van der Waals surface area contributed by atoms with E-state index in [0.29, 0.717) is 22.5 Å². The van der Waals surface area contributed by atoms with Crippen molar-refractivity contribution in [2.75, 3.05) is 0 Å². The molecule has 2 aliphatic rings. The predicted octanol–water partition coefficient (Wildman–Crippen LogP) is 2.40. The molecule has 0 amide bonds. The van der Waals surface area contributed by atoms with Gasteiger partial charge in [0.1, 0.15) is 12.4 Å². The third-order valence-electron chi connectivity index (χ3n) is 6.31. The summed E-state index contributed by atoms with van der Waals surface area (Å²) in [6.45, 7) is 5.41. The van der Waals surface area contributed by atoms with E-state index in [1.165, 1.54) is 0 Å². The van der Waals surface area contributed by atoms with Gasteiger partial charge >= 0.3 is 5.97 Å². The molecule has 2 aliphatic heterocycles. The van der Waals surface area contributed by atoms with Gasteiger partial charge in [0.05, 0.1) is 29.0 Å². The Morgan fingerprint density at radius 1 is 1.28 bits per heavy atom. The number of ether oxygens (including phenoxy) is 1. The van der Waals surface area contributed by atoms with Crippen LogP contribution in [0, 0.1) is 0 Å². The van der Waals surface area contributed by atoms with Gasteiger partial charge in [0.15, 0.2) is 5.60 Å². The van der Waals surface area contributed by atoms with E-state index in [-0.39, 0.29) is 54.4 Å². The molecular weight excluding hydrogens is 434 g/mol. The minimum absolute atomic E-state index is 0. The van der Waals surface area contributed by atoms with Gasteiger partial charge in [-0.05, 0) is 44.5 Å². The smallest absolute Gasteiger partial charge is 0.343 e. The second kappa shape index (κ2) is 7.03. The van der Waals surface area contributed by atoms with Gasteiger partial charge in [-0.25, -0.2) is 9.78 Å². The molecule has 0 unspecified atom stereocenters. The zero-order chi connectivity index (χ0) is 22.3. The van der Waals surface area contributed by atoms with Gasteiger partial charge in [-0.3, -0.25) is 4.79 Å². The van der Waals surface area contributed by atoms with Crippen LogP contribution in [0.5, 0.6) is 5.75 Å². The number of carbonyl (C=O) groups is 1. The van der Waals surface area contributed by atoms with Crippen LogP contribution in [0.15, 0.2) is 29.1 Å². The molecule has 0 saturated carbocycles. The summed E-state index contributed by atoms with van der Waals surface area (Å²) in [5.41, 5.74) is 7.08. The minimum atomic E-state index is -1.86. The number of aliphatic hydroxyl groups is 1. The number of aromatic hydroxyl groups is 1. The molecule has 168 valence electrons. The molecular formula is C23H24ClN3O5. The van der Waals surface area contributed by atoms with Gasteiger partial charge in [0.2, 0.25) is 0 Å².